The van der Waals surface area contributed by atoms with Crippen LogP contribution in [0.4, 0.5) is 0 Å². The summed E-state index contributed by atoms with van der Waals surface area (Å²) in [5, 5.41) is 0. The molecule has 10 nitrogen and oxygen atoms in total. The summed E-state index contributed by atoms with van der Waals surface area (Å²) in [6.45, 7) is 12.5. The molecule has 34 heavy (non-hydrogen) atoms. The Hall–Kier alpha value is -1.75. The first-order chi connectivity index (χ1) is 16.1. The molecule has 0 spiro atoms. The van der Waals surface area contributed by atoms with E-state index in [-0.39, 0.29) is 30.2 Å². The van der Waals surface area contributed by atoms with Crippen molar-refractivity contribution >= 4 is 17.8 Å². The topological polar surface area (TPSA) is 79.9 Å². The van der Waals surface area contributed by atoms with E-state index in [9.17, 15) is 14.4 Å². The van der Waals surface area contributed by atoms with Gasteiger partial charge in [-0.15, -0.1) is 0 Å². The Labute approximate surface area is 206 Å². The van der Waals surface area contributed by atoms with E-state index in [1.54, 1.807) is 38.0 Å². The smallest absolute Gasteiger partial charge is 0.311 e. The Morgan fingerprint density at radius 2 is 1.15 bits per heavy atom. The van der Waals surface area contributed by atoms with Gasteiger partial charge in [0.15, 0.2) is 0 Å². The molecule has 0 radical (unpaired) electrons. The second-order valence-corrected chi connectivity index (χ2v) is 9.49. The maximum Gasteiger partial charge on any atom is 0.311 e. The molecule has 1 fully saturated rings. The van der Waals surface area contributed by atoms with E-state index < -0.39 is 0 Å². The Morgan fingerprint density at radius 1 is 0.706 bits per heavy atom. The summed E-state index contributed by atoms with van der Waals surface area (Å²) in [5.74, 6) is -0.545. The molecule has 0 aromatic heterocycles. The quantitative estimate of drug-likeness (QED) is 0.452. The van der Waals surface area contributed by atoms with E-state index in [1.165, 1.54) is 7.11 Å². The third-order valence-corrected chi connectivity index (χ3v) is 6.52. The number of methoxy groups -OCH3 is 1. The van der Waals surface area contributed by atoms with Gasteiger partial charge in [-0.05, 0) is 32.6 Å². The molecular formula is C24H48N6O4. The molecule has 1 heterocycles. The highest BCUT2D eigenvalue weighted by molar-refractivity contribution is 5.78. The summed E-state index contributed by atoms with van der Waals surface area (Å²) >= 11 is 0. The second kappa shape index (κ2) is 16.0. The number of nitrogens with zero attached hydrogens (tertiary/aromatic N) is 6. The van der Waals surface area contributed by atoms with Crippen LogP contribution in [0.3, 0.4) is 0 Å². The molecular weight excluding hydrogens is 436 g/mol. The van der Waals surface area contributed by atoms with Gasteiger partial charge in [0.05, 0.1) is 26.1 Å². The lowest BCUT2D eigenvalue weighted by Crippen LogP contribution is -2.49. The Bertz CT molecular complexity index is 631. The first-order valence-corrected chi connectivity index (χ1v) is 12.5. The van der Waals surface area contributed by atoms with Crippen LogP contribution in [0.15, 0.2) is 0 Å². The van der Waals surface area contributed by atoms with Crippen molar-refractivity contribution in [2.24, 2.45) is 5.92 Å². The Balaban J connectivity index is 3.15. The van der Waals surface area contributed by atoms with Crippen LogP contribution in [-0.4, -0.2) is 161 Å². The third kappa shape index (κ3) is 11.1. The minimum Gasteiger partial charge on any atom is -0.469 e. The zero-order valence-corrected chi connectivity index (χ0v) is 22.6. The van der Waals surface area contributed by atoms with E-state index in [0.717, 1.165) is 45.7 Å². The molecule has 1 aliphatic rings. The molecule has 0 N–H and O–H groups in total. The number of carbonyl (C=O) groups is 3. The number of esters is 1. The largest absolute Gasteiger partial charge is 0.469 e. The van der Waals surface area contributed by atoms with Gasteiger partial charge in [0, 0.05) is 67.5 Å². The average molecular weight is 485 g/mol. The fraction of sp³-hybridized carbons (Fsp3) is 0.875. The number of hydrogen-bond acceptors (Lipinski definition) is 8. The lowest BCUT2D eigenvalue weighted by atomic mass is 10.1. The minimum atomic E-state index is -0.352. The van der Waals surface area contributed by atoms with Gasteiger partial charge in [0.25, 0.3) is 0 Å². The first kappa shape index (κ1) is 30.3. The Kier molecular flexibility index (Phi) is 14.3. The molecule has 1 saturated heterocycles. The summed E-state index contributed by atoms with van der Waals surface area (Å²) in [5.41, 5.74) is 0. The summed E-state index contributed by atoms with van der Waals surface area (Å²) < 4.78 is 5.14. The zero-order chi connectivity index (χ0) is 25.7. The van der Waals surface area contributed by atoms with E-state index in [2.05, 4.69) is 28.5 Å². The van der Waals surface area contributed by atoms with Gasteiger partial charge >= 0.3 is 5.97 Å². The third-order valence-electron chi connectivity index (χ3n) is 6.52. The van der Waals surface area contributed by atoms with Crippen molar-refractivity contribution < 1.29 is 19.1 Å². The molecule has 0 saturated carbocycles. The monoisotopic (exact) mass is 484 g/mol. The number of likely N-dealkylation sites (N-methyl/N-ethyl adjacent to an activating group) is 4. The van der Waals surface area contributed by atoms with Crippen molar-refractivity contribution in [1.82, 2.24) is 29.4 Å². The zero-order valence-electron chi connectivity index (χ0n) is 22.6. The summed E-state index contributed by atoms with van der Waals surface area (Å²) in [6, 6.07) is 0. The van der Waals surface area contributed by atoms with Crippen molar-refractivity contribution in [2.45, 2.75) is 20.3 Å². The van der Waals surface area contributed by atoms with E-state index in [1.807, 2.05) is 4.90 Å². The molecule has 0 aliphatic carbocycles. The molecule has 1 atom stereocenters. The van der Waals surface area contributed by atoms with Gasteiger partial charge in [0.2, 0.25) is 11.8 Å². The molecule has 0 aromatic rings. The van der Waals surface area contributed by atoms with Crippen LogP contribution in [0.5, 0.6) is 0 Å². The van der Waals surface area contributed by atoms with Gasteiger partial charge in [0.1, 0.15) is 0 Å². The van der Waals surface area contributed by atoms with E-state index in [0.29, 0.717) is 32.7 Å². The fourth-order valence-corrected chi connectivity index (χ4v) is 4.06. The number of hydrogen-bond donors (Lipinski definition) is 0. The molecule has 198 valence electrons. The van der Waals surface area contributed by atoms with E-state index in [4.69, 9.17) is 4.74 Å². The van der Waals surface area contributed by atoms with Crippen molar-refractivity contribution in [3.05, 3.63) is 0 Å². The molecule has 2 amide bonds. The highest BCUT2D eigenvalue weighted by atomic mass is 16.5. The molecule has 1 rings (SSSR count). The summed E-state index contributed by atoms with van der Waals surface area (Å²) in [7, 11) is 8.45. The minimum absolute atomic E-state index is 0.00779. The average Bonchev–Trinajstić information content (AvgIpc) is 2.80. The van der Waals surface area contributed by atoms with Crippen LogP contribution in [0.1, 0.15) is 20.3 Å². The van der Waals surface area contributed by atoms with Gasteiger partial charge in [-0.3, -0.25) is 24.2 Å². The number of ether oxygens (including phenoxy) is 1. The first-order valence-electron chi connectivity index (χ1n) is 12.5. The predicted molar refractivity (Wildman–Crippen MR) is 135 cm³/mol. The SMILES string of the molecule is CCN1CCCN(CC(=O)N(C)C)CCN(CC(=O)N(C)C)CC(C(=O)OC)CN(CC)CC1. The Morgan fingerprint density at radius 3 is 1.68 bits per heavy atom. The highest BCUT2D eigenvalue weighted by Gasteiger charge is 2.27. The second-order valence-electron chi connectivity index (χ2n) is 9.49. The van der Waals surface area contributed by atoms with E-state index >= 15 is 0 Å². The van der Waals surface area contributed by atoms with Gasteiger partial charge in [-0.2, -0.15) is 0 Å². The lowest BCUT2D eigenvalue weighted by Gasteiger charge is -2.34. The normalized spacial score (nSPS) is 21.0. The molecule has 0 aromatic carbocycles. The standard InChI is InChI=1S/C24H48N6O4/c1-8-27-11-10-12-29(19-22(31)25(3)4)15-16-30(20-23(32)26(5)6)18-21(24(33)34-7)17-28(9-2)14-13-27/h21H,8-20H2,1-7H3. The number of carbonyl (C=O) groups excluding carboxylic acids is 3. The maximum absolute atomic E-state index is 12.7. The highest BCUT2D eigenvalue weighted by Crippen LogP contribution is 2.10. The van der Waals surface area contributed by atoms with Crippen molar-refractivity contribution in [3.8, 4) is 0 Å². The molecule has 1 unspecified atom stereocenters. The van der Waals surface area contributed by atoms with Crippen LogP contribution < -0.4 is 0 Å². The van der Waals surface area contributed by atoms with Crippen molar-refractivity contribution in [1.29, 1.82) is 0 Å². The van der Waals surface area contributed by atoms with Crippen LogP contribution in [-0.2, 0) is 19.1 Å². The maximum atomic E-state index is 12.7. The van der Waals surface area contributed by atoms with Crippen LogP contribution in [0, 0.1) is 5.92 Å². The summed E-state index contributed by atoms with van der Waals surface area (Å²) in [6.07, 6.45) is 0.974. The summed E-state index contributed by atoms with van der Waals surface area (Å²) in [4.78, 5) is 49.8. The van der Waals surface area contributed by atoms with Gasteiger partial charge in [-0.25, -0.2) is 0 Å². The molecule has 10 heteroatoms. The molecule has 0 bridgehead atoms. The van der Waals surface area contributed by atoms with Crippen LogP contribution in [0.2, 0.25) is 0 Å². The van der Waals surface area contributed by atoms with Crippen LogP contribution >= 0.6 is 0 Å². The van der Waals surface area contributed by atoms with Crippen molar-refractivity contribution in [2.75, 3.05) is 114 Å². The van der Waals surface area contributed by atoms with Gasteiger partial charge in [-0.1, -0.05) is 13.8 Å². The lowest BCUT2D eigenvalue weighted by molar-refractivity contribution is -0.147. The van der Waals surface area contributed by atoms with Gasteiger partial charge < -0.3 is 24.3 Å². The van der Waals surface area contributed by atoms with Crippen LogP contribution in [0.25, 0.3) is 0 Å². The van der Waals surface area contributed by atoms with Crippen molar-refractivity contribution in [3.63, 3.8) is 0 Å². The predicted octanol–water partition coefficient (Wildman–Crippen LogP) is -0.396. The number of rotatable bonds is 7. The fourth-order valence-electron chi connectivity index (χ4n) is 4.06. The number of amides is 2. The molecule has 1 aliphatic heterocycles.